The Bertz CT molecular complexity index is 1260. The number of carbonyl (C=O) groups is 1. The summed E-state index contributed by atoms with van der Waals surface area (Å²) in [5.41, 5.74) is -1.40. The van der Waals surface area contributed by atoms with Gasteiger partial charge in [-0.25, -0.2) is 0 Å². The second kappa shape index (κ2) is 9.69. The molecule has 1 aromatic carbocycles. The highest BCUT2D eigenvalue weighted by molar-refractivity contribution is 5.95. The van der Waals surface area contributed by atoms with Crippen LogP contribution in [0.4, 0.5) is 0 Å². The lowest BCUT2D eigenvalue weighted by molar-refractivity contribution is -0.164. The molecule has 6 aliphatic rings. The summed E-state index contributed by atoms with van der Waals surface area (Å²) in [6.07, 6.45) is 6.99. The zero-order valence-electron chi connectivity index (χ0n) is 25.8. The summed E-state index contributed by atoms with van der Waals surface area (Å²) in [5.74, 6) is 0.193. The van der Waals surface area contributed by atoms with E-state index in [4.69, 9.17) is 18.9 Å². The standard InChI is InChI=1S/C35H48O7/c1-31(2,37)14-13-29-34(5,42-30(41-29)21-9-7-6-8-10-21)28-12-16-35(38)23-17-25(36)24-18-26-27(40-20-39-26)19-32(24,3)22(23)11-15-33(28,35)4/h6-10,17,22,24,26-30,37-38H,11-16,18-20H2,1-5H3/t22-,24-,26+,27-,28-,29+,30+,32+,33+,34+,35+/m0/s1. The number of ether oxygens (including phenoxy) is 4. The van der Waals surface area contributed by atoms with Crippen LogP contribution in [0, 0.1) is 28.6 Å². The summed E-state index contributed by atoms with van der Waals surface area (Å²) in [6, 6.07) is 10.0. The molecule has 7 heteroatoms. The summed E-state index contributed by atoms with van der Waals surface area (Å²) in [4.78, 5) is 13.8. The van der Waals surface area contributed by atoms with Crippen molar-refractivity contribution in [3.63, 3.8) is 0 Å². The van der Waals surface area contributed by atoms with E-state index in [1.165, 1.54) is 0 Å². The Labute approximate surface area is 249 Å². The van der Waals surface area contributed by atoms with E-state index in [0.29, 0.717) is 32.5 Å². The minimum atomic E-state index is -1.09. The Hall–Kier alpha value is -1.61. The van der Waals surface area contributed by atoms with Gasteiger partial charge in [0.25, 0.3) is 0 Å². The van der Waals surface area contributed by atoms with Crippen molar-refractivity contribution in [2.45, 2.75) is 127 Å². The van der Waals surface area contributed by atoms with Crippen LogP contribution >= 0.6 is 0 Å². The van der Waals surface area contributed by atoms with Crippen LogP contribution in [-0.2, 0) is 23.7 Å². The van der Waals surface area contributed by atoms with Crippen LogP contribution in [0.2, 0.25) is 0 Å². The van der Waals surface area contributed by atoms with Gasteiger partial charge >= 0.3 is 0 Å². The van der Waals surface area contributed by atoms with E-state index in [1.807, 2.05) is 50.3 Å². The molecule has 0 aromatic heterocycles. The first-order valence-corrected chi connectivity index (χ1v) is 16.1. The lowest BCUT2D eigenvalue weighted by Crippen LogP contribution is -2.62. The molecule has 7 nitrogen and oxygen atoms in total. The van der Waals surface area contributed by atoms with Gasteiger partial charge in [-0.05, 0) is 101 Å². The molecule has 11 atom stereocenters. The van der Waals surface area contributed by atoms with Crippen molar-refractivity contribution in [3.8, 4) is 0 Å². The Balaban J connectivity index is 1.23. The average Bonchev–Trinajstić information content (AvgIpc) is 3.60. The van der Waals surface area contributed by atoms with Crippen LogP contribution < -0.4 is 0 Å². The summed E-state index contributed by atoms with van der Waals surface area (Å²) >= 11 is 0. The van der Waals surface area contributed by atoms with Crippen LogP contribution in [0.1, 0.15) is 97.8 Å². The molecule has 0 unspecified atom stereocenters. The van der Waals surface area contributed by atoms with Crippen molar-refractivity contribution in [3.05, 3.63) is 47.5 Å². The molecule has 5 fully saturated rings. The second-order valence-electron chi connectivity index (χ2n) is 15.5. The molecule has 0 spiro atoms. The molecular weight excluding hydrogens is 532 g/mol. The molecule has 0 amide bonds. The summed E-state index contributed by atoms with van der Waals surface area (Å²) in [5, 5.41) is 23.4. The van der Waals surface area contributed by atoms with Crippen molar-refractivity contribution >= 4 is 5.78 Å². The molecule has 1 aromatic rings. The van der Waals surface area contributed by atoms with Gasteiger partial charge in [0, 0.05) is 16.9 Å². The van der Waals surface area contributed by atoms with Gasteiger partial charge < -0.3 is 29.2 Å². The van der Waals surface area contributed by atoms with Gasteiger partial charge in [-0.2, -0.15) is 0 Å². The molecule has 2 heterocycles. The number of hydrogen-bond acceptors (Lipinski definition) is 7. The lowest BCUT2D eigenvalue weighted by Gasteiger charge is -2.60. The van der Waals surface area contributed by atoms with Crippen LogP contribution in [0.5, 0.6) is 0 Å². The van der Waals surface area contributed by atoms with Gasteiger partial charge in [0.05, 0.1) is 35.1 Å². The Kier molecular flexibility index (Phi) is 6.72. The minimum Gasteiger partial charge on any atom is -0.390 e. The largest absolute Gasteiger partial charge is 0.390 e. The zero-order chi connectivity index (χ0) is 29.7. The maximum atomic E-state index is 13.8. The van der Waals surface area contributed by atoms with Crippen molar-refractivity contribution in [1.82, 2.24) is 0 Å². The number of benzene rings is 1. The first-order valence-electron chi connectivity index (χ1n) is 16.1. The molecule has 230 valence electrons. The number of ketones is 1. The highest BCUT2D eigenvalue weighted by Crippen LogP contribution is 2.70. The van der Waals surface area contributed by atoms with E-state index in [1.54, 1.807) is 0 Å². The predicted octanol–water partition coefficient (Wildman–Crippen LogP) is 5.63. The number of rotatable bonds is 5. The van der Waals surface area contributed by atoms with E-state index in [2.05, 4.69) is 20.8 Å². The molecule has 4 aliphatic carbocycles. The number of fused-ring (bicyclic) bond motifs is 6. The van der Waals surface area contributed by atoms with Crippen molar-refractivity contribution < 1.29 is 34.0 Å². The highest BCUT2D eigenvalue weighted by atomic mass is 16.7. The van der Waals surface area contributed by atoms with Crippen molar-refractivity contribution in [2.75, 3.05) is 6.79 Å². The lowest BCUT2D eigenvalue weighted by atomic mass is 9.45. The molecular formula is C35H48O7. The maximum Gasteiger partial charge on any atom is 0.185 e. The molecule has 2 N–H and O–H groups in total. The molecule has 0 bridgehead atoms. The third kappa shape index (κ3) is 4.17. The van der Waals surface area contributed by atoms with Gasteiger partial charge in [0.15, 0.2) is 12.1 Å². The average molecular weight is 581 g/mol. The Morgan fingerprint density at radius 3 is 2.48 bits per heavy atom. The van der Waals surface area contributed by atoms with E-state index in [0.717, 1.165) is 36.8 Å². The van der Waals surface area contributed by atoms with Crippen LogP contribution in [-0.4, -0.2) is 57.9 Å². The first kappa shape index (κ1) is 29.1. The predicted molar refractivity (Wildman–Crippen MR) is 156 cm³/mol. The molecule has 2 aliphatic heterocycles. The number of aliphatic hydroxyl groups is 2. The minimum absolute atomic E-state index is 0.00682. The summed E-state index contributed by atoms with van der Waals surface area (Å²) < 4.78 is 25.4. The van der Waals surface area contributed by atoms with Crippen molar-refractivity contribution in [2.24, 2.45) is 28.6 Å². The number of hydrogen-bond donors (Lipinski definition) is 2. The van der Waals surface area contributed by atoms with E-state index in [-0.39, 0.29) is 47.3 Å². The normalized spacial score (nSPS) is 48.3. The van der Waals surface area contributed by atoms with E-state index in [9.17, 15) is 15.0 Å². The fraction of sp³-hybridized carbons (Fsp3) is 0.743. The van der Waals surface area contributed by atoms with E-state index < -0.39 is 28.5 Å². The molecule has 2 saturated heterocycles. The quantitative estimate of drug-likeness (QED) is 0.466. The topological polar surface area (TPSA) is 94.5 Å². The molecule has 7 rings (SSSR count). The van der Waals surface area contributed by atoms with Crippen LogP contribution in [0.25, 0.3) is 0 Å². The SMILES string of the molecule is CC(C)(O)CC[C@H]1O[C@@H](c2ccccc2)O[C@]1(C)[C@H]1CC[C@@]2(O)C3=CC(=O)[C@@H]4C[C@H]5OCO[C@H]5C[C@]4(C)[C@H]3CC[C@]12C. The molecule has 42 heavy (non-hydrogen) atoms. The van der Waals surface area contributed by atoms with Crippen molar-refractivity contribution in [1.29, 1.82) is 0 Å². The van der Waals surface area contributed by atoms with Gasteiger partial charge in [-0.3, -0.25) is 4.79 Å². The third-order valence-corrected chi connectivity index (χ3v) is 12.7. The van der Waals surface area contributed by atoms with Gasteiger partial charge in [0.1, 0.15) is 6.79 Å². The zero-order valence-corrected chi connectivity index (χ0v) is 25.8. The molecule has 0 radical (unpaired) electrons. The van der Waals surface area contributed by atoms with E-state index >= 15 is 0 Å². The maximum absolute atomic E-state index is 13.8. The van der Waals surface area contributed by atoms with Gasteiger partial charge in [-0.15, -0.1) is 0 Å². The Morgan fingerprint density at radius 2 is 1.74 bits per heavy atom. The smallest absolute Gasteiger partial charge is 0.185 e. The Morgan fingerprint density at radius 1 is 1.00 bits per heavy atom. The first-order chi connectivity index (χ1) is 19.8. The van der Waals surface area contributed by atoms with Crippen LogP contribution in [0.15, 0.2) is 42.0 Å². The fourth-order valence-corrected chi connectivity index (χ4v) is 10.3. The fourth-order valence-electron chi connectivity index (χ4n) is 10.3. The second-order valence-corrected chi connectivity index (χ2v) is 15.5. The third-order valence-electron chi connectivity index (χ3n) is 12.7. The molecule has 3 saturated carbocycles. The summed E-state index contributed by atoms with van der Waals surface area (Å²) in [6.45, 7) is 10.6. The monoisotopic (exact) mass is 580 g/mol. The highest BCUT2D eigenvalue weighted by Gasteiger charge is 2.71. The van der Waals surface area contributed by atoms with Gasteiger partial charge in [0.2, 0.25) is 0 Å². The summed E-state index contributed by atoms with van der Waals surface area (Å²) in [7, 11) is 0. The number of carbonyl (C=O) groups excluding carboxylic acids is 1. The van der Waals surface area contributed by atoms with Gasteiger partial charge in [-0.1, -0.05) is 44.2 Å². The number of allylic oxidation sites excluding steroid dienone is 1. The van der Waals surface area contributed by atoms with Crippen LogP contribution in [0.3, 0.4) is 0 Å².